The van der Waals surface area contributed by atoms with Crippen molar-refractivity contribution in [1.29, 1.82) is 0 Å². The Morgan fingerprint density at radius 1 is 1.09 bits per heavy atom. The van der Waals surface area contributed by atoms with Gasteiger partial charge < -0.3 is 20.3 Å². The summed E-state index contributed by atoms with van der Waals surface area (Å²) < 4.78 is 8.30. The minimum absolute atomic E-state index is 0.253. The van der Waals surface area contributed by atoms with Gasteiger partial charge in [-0.3, -0.25) is 13.9 Å². The third-order valence-electron chi connectivity index (χ3n) is 4.94. The third kappa shape index (κ3) is 5.37. The number of aliphatic hydroxyl groups excluding tert-OH is 1. The highest BCUT2D eigenvalue weighted by atomic mass is 35.5. The molecule has 2 aromatic carbocycles. The molecule has 0 unspecified atom stereocenters. The van der Waals surface area contributed by atoms with E-state index in [1.165, 1.54) is 21.4 Å². The molecule has 4 rings (SSSR count). The van der Waals surface area contributed by atoms with E-state index in [-0.39, 0.29) is 23.2 Å². The van der Waals surface area contributed by atoms with E-state index >= 15 is 0 Å². The summed E-state index contributed by atoms with van der Waals surface area (Å²) >= 11 is 6.99. The Kier molecular flexibility index (Phi) is 7.13. The van der Waals surface area contributed by atoms with Crippen molar-refractivity contribution in [2.24, 2.45) is 0 Å². The lowest BCUT2D eigenvalue weighted by Crippen LogP contribution is -2.40. The van der Waals surface area contributed by atoms with Crippen LogP contribution in [0.4, 0.5) is 11.5 Å². The Hall–Kier alpha value is -3.44. The van der Waals surface area contributed by atoms with Gasteiger partial charge in [-0.05, 0) is 48.9 Å². The number of thiazole rings is 1. The summed E-state index contributed by atoms with van der Waals surface area (Å²) in [5.74, 6) is 0.837. The predicted molar refractivity (Wildman–Crippen MR) is 130 cm³/mol. The summed E-state index contributed by atoms with van der Waals surface area (Å²) in [6, 6.07) is 15.4. The molecule has 0 radical (unpaired) electrons. The van der Waals surface area contributed by atoms with Crippen molar-refractivity contribution < 1.29 is 14.9 Å². The van der Waals surface area contributed by atoms with Crippen molar-refractivity contribution in [1.82, 2.24) is 14.1 Å². The van der Waals surface area contributed by atoms with Crippen molar-refractivity contribution in [3.8, 4) is 10.9 Å². The van der Waals surface area contributed by atoms with Gasteiger partial charge in [0.1, 0.15) is 11.6 Å². The molecule has 4 aromatic rings. The molecule has 0 bridgehead atoms. The van der Waals surface area contributed by atoms with Gasteiger partial charge in [-0.2, -0.15) is 0 Å². The van der Waals surface area contributed by atoms with Crippen LogP contribution in [0.15, 0.2) is 70.4 Å². The van der Waals surface area contributed by atoms with Gasteiger partial charge in [-0.25, -0.2) is 9.78 Å². The molecule has 0 atom stereocenters. The zero-order valence-corrected chi connectivity index (χ0v) is 19.6. The largest absolute Gasteiger partial charge is 0.431 e. The maximum Gasteiger partial charge on any atom is 0.332 e. The first-order chi connectivity index (χ1) is 16.3. The van der Waals surface area contributed by atoms with Crippen molar-refractivity contribution in [2.45, 2.75) is 26.3 Å². The number of aromatic nitrogens is 3. The molecular weight excluding hydrogens is 480 g/mol. The van der Waals surface area contributed by atoms with Crippen LogP contribution in [0, 0.1) is 0 Å². The van der Waals surface area contributed by atoms with Crippen LogP contribution in [0.5, 0.6) is 10.9 Å². The van der Waals surface area contributed by atoms with E-state index < -0.39 is 17.5 Å². The Bertz CT molecular complexity index is 1390. The summed E-state index contributed by atoms with van der Waals surface area (Å²) in [5, 5.41) is 22.4. The fraction of sp³-hybridized carbons (Fsp3) is 0.174. The van der Waals surface area contributed by atoms with Crippen LogP contribution < -0.4 is 21.3 Å². The Labute approximate surface area is 203 Å². The average Bonchev–Trinajstić information content (AvgIpc) is 3.28. The van der Waals surface area contributed by atoms with E-state index in [2.05, 4.69) is 10.3 Å². The van der Waals surface area contributed by atoms with Gasteiger partial charge in [-0.15, -0.1) is 0 Å². The molecular formula is C23H21ClN4O5S. The zero-order chi connectivity index (χ0) is 24.2. The fourth-order valence-electron chi connectivity index (χ4n) is 3.23. The van der Waals surface area contributed by atoms with Crippen molar-refractivity contribution in [3.05, 3.63) is 97.1 Å². The minimum Gasteiger partial charge on any atom is -0.431 e. The highest BCUT2D eigenvalue weighted by Gasteiger charge is 2.13. The molecule has 0 fully saturated rings. The molecule has 0 aliphatic rings. The number of hydrogen-bond donors (Lipinski definition) is 3. The zero-order valence-electron chi connectivity index (χ0n) is 18.0. The number of hydrogen-bond acceptors (Lipinski definition) is 8. The predicted octanol–water partition coefficient (Wildman–Crippen LogP) is 3.71. The number of anilines is 2. The number of halogens is 1. The molecule has 176 valence electrons. The van der Waals surface area contributed by atoms with E-state index in [4.69, 9.17) is 16.3 Å². The number of ether oxygens (including phenoxy) is 1. The Morgan fingerprint density at radius 3 is 2.41 bits per heavy atom. The first-order valence-electron chi connectivity index (χ1n) is 10.3. The quantitative estimate of drug-likeness (QED) is 0.315. The van der Waals surface area contributed by atoms with Gasteiger partial charge in [-0.1, -0.05) is 35.1 Å². The second kappa shape index (κ2) is 10.2. The molecule has 9 nitrogen and oxygen atoms in total. The van der Waals surface area contributed by atoms with E-state index in [9.17, 15) is 19.8 Å². The fourth-order valence-corrected chi connectivity index (χ4v) is 4.01. The monoisotopic (exact) mass is 500 g/mol. The summed E-state index contributed by atoms with van der Waals surface area (Å²) in [7, 11) is 0. The standard InChI is InChI=1S/C23H21ClN4O5S/c1-2-27-20(29)11-19(28(23(27)32)13-14-3-5-15(24)6-4-14)26-16-7-9-17(10-8-16)33-22-25-12-18(34-22)21(30)31/h3-12,21,26,30-31H,2,13H2,1H3. The summed E-state index contributed by atoms with van der Waals surface area (Å²) in [6.07, 6.45) is -0.269. The van der Waals surface area contributed by atoms with Crippen molar-refractivity contribution in [2.75, 3.05) is 5.32 Å². The van der Waals surface area contributed by atoms with E-state index in [1.807, 2.05) is 12.1 Å². The number of rotatable bonds is 8. The highest BCUT2D eigenvalue weighted by molar-refractivity contribution is 7.13. The SMILES string of the molecule is CCn1c(=O)cc(Nc2ccc(Oc3ncc(C(O)O)s3)cc2)n(Cc2ccc(Cl)cc2)c1=O. The van der Waals surface area contributed by atoms with Gasteiger partial charge in [0.25, 0.3) is 10.8 Å². The first kappa shape index (κ1) is 23.7. The molecule has 0 saturated heterocycles. The molecule has 3 N–H and O–H groups in total. The second-order valence-corrected chi connectivity index (χ2v) is 8.72. The number of nitrogens with zero attached hydrogens (tertiary/aromatic N) is 3. The normalized spacial score (nSPS) is 11.1. The third-order valence-corrected chi connectivity index (χ3v) is 6.10. The van der Waals surface area contributed by atoms with Gasteiger partial charge in [0, 0.05) is 23.3 Å². The molecule has 0 spiro atoms. The van der Waals surface area contributed by atoms with Crippen LogP contribution in [0.3, 0.4) is 0 Å². The second-order valence-electron chi connectivity index (χ2n) is 7.26. The van der Waals surface area contributed by atoms with Gasteiger partial charge in [0.2, 0.25) is 0 Å². The number of aliphatic hydroxyl groups is 2. The smallest absolute Gasteiger partial charge is 0.332 e. The average molecular weight is 501 g/mol. The molecule has 0 aliphatic heterocycles. The maximum absolute atomic E-state index is 13.0. The summed E-state index contributed by atoms with van der Waals surface area (Å²) in [5.41, 5.74) is 0.678. The summed E-state index contributed by atoms with van der Waals surface area (Å²) in [6.45, 7) is 2.26. The van der Waals surface area contributed by atoms with Crippen LogP contribution in [-0.4, -0.2) is 24.3 Å². The first-order valence-corrected chi connectivity index (χ1v) is 11.5. The van der Waals surface area contributed by atoms with E-state index in [0.29, 0.717) is 22.3 Å². The lowest BCUT2D eigenvalue weighted by molar-refractivity contribution is -0.0396. The molecule has 2 heterocycles. The van der Waals surface area contributed by atoms with Gasteiger partial charge >= 0.3 is 5.69 Å². The van der Waals surface area contributed by atoms with Crippen LogP contribution >= 0.6 is 22.9 Å². The lowest BCUT2D eigenvalue weighted by atomic mass is 10.2. The van der Waals surface area contributed by atoms with Crippen LogP contribution in [0.2, 0.25) is 5.02 Å². The van der Waals surface area contributed by atoms with Crippen LogP contribution in [0.1, 0.15) is 23.7 Å². The summed E-state index contributed by atoms with van der Waals surface area (Å²) in [4.78, 5) is 29.7. The van der Waals surface area contributed by atoms with Crippen LogP contribution in [0.25, 0.3) is 0 Å². The molecule has 2 aromatic heterocycles. The van der Waals surface area contributed by atoms with E-state index in [0.717, 1.165) is 16.9 Å². The maximum atomic E-state index is 13.0. The minimum atomic E-state index is -1.60. The molecule has 11 heteroatoms. The van der Waals surface area contributed by atoms with Crippen molar-refractivity contribution >= 4 is 34.4 Å². The Morgan fingerprint density at radius 2 is 1.79 bits per heavy atom. The Balaban J connectivity index is 1.59. The van der Waals surface area contributed by atoms with Crippen molar-refractivity contribution in [3.63, 3.8) is 0 Å². The van der Waals surface area contributed by atoms with E-state index in [1.54, 1.807) is 43.3 Å². The number of benzene rings is 2. The number of nitrogens with one attached hydrogen (secondary N) is 1. The highest BCUT2D eigenvalue weighted by Crippen LogP contribution is 2.30. The lowest BCUT2D eigenvalue weighted by Gasteiger charge is -2.16. The molecule has 34 heavy (non-hydrogen) atoms. The van der Waals surface area contributed by atoms with Gasteiger partial charge in [0.15, 0.2) is 6.29 Å². The van der Waals surface area contributed by atoms with Crippen LogP contribution in [-0.2, 0) is 13.1 Å². The molecule has 0 saturated carbocycles. The topological polar surface area (TPSA) is 119 Å². The molecule has 0 amide bonds. The van der Waals surface area contributed by atoms with Gasteiger partial charge in [0.05, 0.1) is 17.6 Å². The molecule has 0 aliphatic carbocycles.